The van der Waals surface area contributed by atoms with Gasteiger partial charge < -0.3 is 19.9 Å². The molecule has 2 aliphatic heterocycles. The monoisotopic (exact) mass is 370 g/mol. The average Bonchev–Trinajstić information content (AvgIpc) is 3.28. The van der Waals surface area contributed by atoms with Gasteiger partial charge in [-0.05, 0) is 12.8 Å². The van der Waals surface area contributed by atoms with Crippen LogP contribution in [-0.2, 0) is 11.3 Å². The molecule has 0 bridgehead atoms. The van der Waals surface area contributed by atoms with Gasteiger partial charge in [0, 0.05) is 38.6 Å². The van der Waals surface area contributed by atoms with Gasteiger partial charge in [-0.3, -0.25) is 9.78 Å². The topological polar surface area (TPSA) is 109 Å². The van der Waals surface area contributed by atoms with Crippen LogP contribution in [0, 0.1) is 0 Å². The van der Waals surface area contributed by atoms with Gasteiger partial charge in [-0.2, -0.15) is 15.0 Å². The largest absolute Gasteiger partial charge is 0.378 e. The Morgan fingerprint density at radius 1 is 1.00 bits per heavy atom. The van der Waals surface area contributed by atoms with Gasteiger partial charge in [-0.1, -0.05) is 0 Å². The van der Waals surface area contributed by atoms with E-state index in [0.717, 1.165) is 39.0 Å². The quantitative estimate of drug-likeness (QED) is 0.779. The highest BCUT2D eigenvalue weighted by Gasteiger charge is 2.21. The predicted molar refractivity (Wildman–Crippen MR) is 97.5 cm³/mol. The van der Waals surface area contributed by atoms with Gasteiger partial charge in [0.25, 0.3) is 5.91 Å². The van der Waals surface area contributed by atoms with E-state index < -0.39 is 0 Å². The lowest BCUT2D eigenvalue weighted by Crippen LogP contribution is -2.38. The van der Waals surface area contributed by atoms with E-state index in [2.05, 4.69) is 40.0 Å². The summed E-state index contributed by atoms with van der Waals surface area (Å²) in [5, 5.41) is 2.81. The molecule has 4 heterocycles. The second-order valence-electron chi connectivity index (χ2n) is 6.42. The first-order chi connectivity index (χ1) is 13.3. The van der Waals surface area contributed by atoms with E-state index in [4.69, 9.17) is 4.74 Å². The molecule has 0 unspecified atom stereocenters. The Morgan fingerprint density at radius 3 is 2.37 bits per heavy atom. The van der Waals surface area contributed by atoms with Crippen molar-refractivity contribution in [1.29, 1.82) is 0 Å². The standard InChI is InChI=1S/C17H22N8O2/c26-15(13-11-18-3-4-19-13)20-12-14-21-16(24-5-1-2-6-24)23-17(22-14)25-7-9-27-10-8-25/h3-4,11H,1-2,5-10,12H2,(H,20,26). The number of amides is 1. The van der Waals surface area contributed by atoms with Crippen molar-refractivity contribution in [2.75, 3.05) is 49.2 Å². The number of hydrogen-bond donors (Lipinski definition) is 1. The Morgan fingerprint density at radius 2 is 1.70 bits per heavy atom. The fraction of sp³-hybridized carbons (Fsp3) is 0.529. The van der Waals surface area contributed by atoms with Gasteiger partial charge in [0.2, 0.25) is 11.9 Å². The molecule has 142 valence electrons. The maximum atomic E-state index is 12.2. The van der Waals surface area contributed by atoms with Crippen LogP contribution in [0.3, 0.4) is 0 Å². The zero-order chi connectivity index (χ0) is 18.5. The second kappa shape index (κ2) is 8.21. The van der Waals surface area contributed by atoms with E-state index in [9.17, 15) is 4.79 Å². The summed E-state index contributed by atoms with van der Waals surface area (Å²) in [5.74, 6) is 1.54. The summed E-state index contributed by atoms with van der Waals surface area (Å²) in [5.41, 5.74) is 0.264. The Bertz CT molecular complexity index is 776. The van der Waals surface area contributed by atoms with Crippen LogP contribution < -0.4 is 15.1 Å². The van der Waals surface area contributed by atoms with Crippen LogP contribution in [0.5, 0.6) is 0 Å². The van der Waals surface area contributed by atoms with Crippen molar-refractivity contribution >= 4 is 17.8 Å². The Balaban J connectivity index is 1.53. The highest BCUT2D eigenvalue weighted by molar-refractivity contribution is 5.91. The number of morpholine rings is 1. The van der Waals surface area contributed by atoms with Crippen LogP contribution in [0.4, 0.5) is 11.9 Å². The number of carbonyl (C=O) groups excluding carboxylic acids is 1. The molecular formula is C17H22N8O2. The Labute approximate surface area is 157 Å². The molecule has 2 fully saturated rings. The molecular weight excluding hydrogens is 348 g/mol. The molecule has 2 aliphatic rings. The molecule has 1 N–H and O–H groups in total. The lowest BCUT2D eigenvalue weighted by molar-refractivity contribution is 0.0944. The summed E-state index contributed by atoms with van der Waals surface area (Å²) in [4.78, 5) is 38.2. The SMILES string of the molecule is O=C(NCc1nc(N2CCCC2)nc(N2CCOCC2)n1)c1cnccn1. The number of nitrogens with zero attached hydrogens (tertiary/aromatic N) is 7. The van der Waals surface area contributed by atoms with Gasteiger partial charge in [0.05, 0.1) is 26.0 Å². The minimum atomic E-state index is -0.306. The summed E-state index contributed by atoms with van der Waals surface area (Å²) in [6.07, 6.45) is 6.71. The number of anilines is 2. The lowest BCUT2D eigenvalue weighted by atomic mass is 10.4. The lowest BCUT2D eigenvalue weighted by Gasteiger charge is -2.28. The molecule has 0 atom stereocenters. The van der Waals surface area contributed by atoms with Crippen molar-refractivity contribution in [3.63, 3.8) is 0 Å². The summed E-state index contributed by atoms with van der Waals surface area (Å²) >= 11 is 0. The number of rotatable bonds is 5. The molecule has 27 heavy (non-hydrogen) atoms. The van der Waals surface area contributed by atoms with Gasteiger partial charge in [0.1, 0.15) is 5.69 Å². The maximum absolute atomic E-state index is 12.2. The molecule has 0 saturated carbocycles. The van der Waals surface area contributed by atoms with Crippen molar-refractivity contribution in [1.82, 2.24) is 30.2 Å². The van der Waals surface area contributed by atoms with Crippen molar-refractivity contribution < 1.29 is 9.53 Å². The normalized spacial score (nSPS) is 17.2. The first-order valence-electron chi connectivity index (χ1n) is 9.16. The molecule has 2 aromatic rings. The average molecular weight is 370 g/mol. The van der Waals surface area contributed by atoms with Gasteiger partial charge >= 0.3 is 0 Å². The second-order valence-corrected chi connectivity index (χ2v) is 6.42. The third-order valence-corrected chi connectivity index (χ3v) is 4.54. The zero-order valence-corrected chi connectivity index (χ0v) is 15.0. The van der Waals surface area contributed by atoms with Crippen LogP contribution in [-0.4, -0.2) is 70.2 Å². The highest BCUT2D eigenvalue weighted by Crippen LogP contribution is 2.19. The van der Waals surface area contributed by atoms with Gasteiger partial charge in [0.15, 0.2) is 5.82 Å². The molecule has 4 rings (SSSR count). The number of aromatic nitrogens is 5. The van der Waals surface area contributed by atoms with Crippen molar-refractivity contribution in [2.45, 2.75) is 19.4 Å². The molecule has 2 saturated heterocycles. The third kappa shape index (κ3) is 4.27. The molecule has 10 nitrogen and oxygen atoms in total. The maximum Gasteiger partial charge on any atom is 0.271 e. The summed E-state index contributed by atoms with van der Waals surface area (Å²) in [6.45, 7) is 4.89. The number of hydrogen-bond acceptors (Lipinski definition) is 9. The van der Waals surface area contributed by atoms with Crippen LogP contribution >= 0.6 is 0 Å². The zero-order valence-electron chi connectivity index (χ0n) is 15.0. The van der Waals surface area contributed by atoms with Gasteiger partial charge in [-0.15, -0.1) is 0 Å². The summed E-state index contributed by atoms with van der Waals surface area (Å²) in [7, 11) is 0. The number of carbonyl (C=O) groups is 1. The molecule has 0 radical (unpaired) electrons. The first-order valence-corrected chi connectivity index (χ1v) is 9.16. The summed E-state index contributed by atoms with van der Waals surface area (Å²) in [6, 6.07) is 0. The van der Waals surface area contributed by atoms with E-state index in [1.165, 1.54) is 18.6 Å². The molecule has 0 aliphatic carbocycles. The minimum Gasteiger partial charge on any atom is -0.378 e. The van der Waals surface area contributed by atoms with E-state index in [1.807, 2.05) is 0 Å². The molecule has 1 amide bonds. The van der Waals surface area contributed by atoms with Crippen molar-refractivity contribution in [3.8, 4) is 0 Å². The molecule has 2 aromatic heterocycles. The first kappa shape index (κ1) is 17.5. The Kier molecular flexibility index (Phi) is 5.33. The van der Waals surface area contributed by atoms with E-state index in [1.54, 1.807) is 0 Å². The van der Waals surface area contributed by atoms with Crippen LogP contribution in [0.2, 0.25) is 0 Å². The van der Waals surface area contributed by atoms with Crippen LogP contribution in [0.1, 0.15) is 29.2 Å². The predicted octanol–water partition coefficient (Wildman–Crippen LogP) is 0.0284. The molecule has 0 aromatic carbocycles. The summed E-state index contributed by atoms with van der Waals surface area (Å²) < 4.78 is 5.42. The minimum absolute atomic E-state index is 0.204. The highest BCUT2D eigenvalue weighted by atomic mass is 16.5. The van der Waals surface area contributed by atoms with Crippen LogP contribution in [0.15, 0.2) is 18.6 Å². The Hall–Kier alpha value is -2.88. The van der Waals surface area contributed by atoms with Gasteiger partial charge in [-0.25, -0.2) is 4.98 Å². The van der Waals surface area contributed by atoms with E-state index >= 15 is 0 Å². The fourth-order valence-corrected chi connectivity index (χ4v) is 3.10. The number of ether oxygens (including phenoxy) is 1. The molecule has 0 spiro atoms. The van der Waals surface area contributed by atoms with Crippen molar-refractivity contribution in [3.05, 3.63) is 30.1 Å². The van der Waals surface area contributed by atoms with Crippen molar-refractivity contribution in [2.24, 2.45) is 0 Å². The number of nitrogens with one attached hydrogen (secondary N) is 1. The van der Waals surface area contributed by atoms with E-state index in [0.29, 0.717) is 30.9 Å². The van der Waals surface area contributed by atoms with Crippen LogP contribution in [0.25, 0.3) is 0 Å². The third-order valence-electron chi connectivity index (χ3n) is 4.54. The fourth-order valence-electron chi connectivity index (χ4n) is 3.10. The smallest absolute Gasteiger partial charge is 0.271 e. The molecule has 10 heteroatoms. The van der Waals surface area contributed by atoms with E-state index in [-0.39, 0.29) is 18.1 Å².